The van der Waals surface area contributed by atoms with Gasteiger partial charge in [0, 0.05) is 22.1 Å². The summed E-state index contributed by atoms with van der Waals surface area (Å²) in [6, 6.07) is 8.14. The number of nitrogens with one attached hydrogen (secondary N) is 1. The number of rotatable bonds is 6. The molecule has 1 aromatic carbocycles. The topological polar surface area (TPSA) is 47.3 Å². The number of halogens is 1. The van der Waals surface area contributed by atoms with Gasteiger partial charge in [0.05, 0.1) is 0 Å². The van der Waals surface area contributed by atoms with Crippen molar-refractivity contribution in [1.29, 1.82) is 0 Å². The van der Waals surface area contributed by atoms with Crippen molar-refractivity contribution in [2.24, 2.45) is 0 Å². The van der Waals surface area contributed by atoms with Gasteiger partial charge in [0.15, 0.2) is 0 Å². The summed E-state index contributed by atoms with van der Waals surface area (Å²) >= 11 is 3.50. The zero-order valence-electron chi connectivity index (χ0n) is 11.9. The van der Waals surface area contributed by atoms with Crippen LogP contribution in [0.2, 0.25) is 0 Å². The van der Waals surface area contributed by atoms with Gasteiger partial charge in [-0.25, -0.2) is 0 Å². The molecule has 0 aliphatic heterocycles. The van der Waals surface area contributed by atoms with Gasteiger partial charge in [-0.15, -0.1) is 0 Å². The average Bonchev–Trinajstić information content (AvgIpc) is 2.83. The highest BCUT2D eigenvalue weighted by Gasteiger charge is 2.12. The number of hydrogen-bond donors (Lipinski definition) is 1. The van der Waals surface area contributed by atoms with Crippen LogP contribution >= 0.6 is 15.9 Å². The van der Waals surface area contributed by atoms with E-state index in [0.717, 1.165) is 33.8 Å². The van der Waals surface area contributed by atoms with Crippen molar-refractivity contribution in [3.05, 3.63) is 45.8 Å². The quantitative estimate of drug-likeness (QED) is 0.864. The van der Waals surface area contributed by atoms with Crippen LogP contribution in [0.25, 0.3) is 0 Å². The third-order valence-corrected chi connectivity index (χ3v) is 3.49. The first-order valence-corrected chi connectivity index (χ1v) is 7.47. The van der Waals surface area contributed by atoms with Crippen molar-refractivity contribution in [2.75, 3.05) is 6.54 Å². The van der Waals surface area contributed by atoms with E-state index in [4.69, 9.17) is 9.26 Å². The van der Waals surface area contributed by atoms with E-state index in [9.17, 15) is 0 Å². The minimum absolute atomic E-state index is 0.228. The molecule has 0 aliphatic rings. The first-order chi connectivity index (χ1) is 9.60. The zero-order valence-corrected chi connectivity index (χ0v) is 13.5. The van der Waals surface area contributed by atoms with E-state index in [1.54, 1.807) is 0 Å². The highest BCUT2D eigenvalue weighted by atomic mass is 79.9. The van der Waals surface area contributed by atoms with E-state index in [0.29, 0.717) is 6.61 Å². The standard InChI is InChI=1S/C15H19BrN2O2/c1-4-17-11(3)14-8-12(16)5-6-15(14)19-9-13-7-10(2)20-18-13/h5-8,11,17H,4,9H2,1-3H3. The Morgan fingerprint density at radius 3 is 2.85 bits per heavy atom. The molecule has 2 rings (SSSR count). The number of nitrogens with zero attached hydrogens (tertiary/aromatic N) is 1. The Labute approximate surface area is 127 Å². The Hall–Kier alpha value is -1.33. The summed E-state index contributed by atoms with van der Waals surface area (Å²) in [5.74, 6) is 1.66. The lowest BCUT2D eigenvalue weighted by Gasteiger charge is -2.17. The Morgan fingerprint density at radius 2 is 2.20 bits per heavy atom. The van der Waals surface area contributed by atoms with Crippen LogP contribution in [0, 0.1) is 6.92 Å². The van der Waals surface area contributed by atoms with Crippen molar-refractivity contribution in [1.82, 2.24) is 10.5 Å². The number of ether oxygens (including phenoxy) is 1. The minimum Gasteiger partial charge on any atom is -0.487 e. The molecule has 5 heteroatoms. The molecule has 2 aromatic rings. The normalized spacial score (nSPS) is 12.4. The van der Waals surface area contributed by atoms with Crippen LogP contribution in [-0.4, -0.2) is 11.7 Å². The van der Waals surface area contributed by atoms with Crippen LogP contribution in [0.1, 0.15) is 36.9 Å². The molecule has 1 heterocycles. The molecule has 0 fully saturated rings. The first kappa shape index (κ1) is 15.1. The van der Waals surface area contributed by atoms with Gasteiger partial charge in [0.1, 0.15) is 23.8 Å². The van der Waals surface area contributed by atoms with E-state index in [1.165, 1.54) is 0 Å². The molecule has 1 aromatic heterocycles. The predicted molar refractivity (Wildman–Crippen MR) is 81.8 cm³/mol. The van der Waals surface area contributed by atoms with Crippen LogP contribution in [-0.2, 0) is 6.61 Å². The number of aromatic nitrogens is 1. The molecule has 20 heavy (non-hydrogen) atoms. The Kier molecular flexibility index (Phi) is 5.20. The van der Waals surface area contributed by atoms with Crippen molar-refractivity contribution in [3.8, 4) is 5.75 Å². The summed E-state index contributed by atoms with van der Waals surface area (Å²) in [6.45, 7) is 7.40. The fourth-order valence-electron chi connectivity index (χ4n) is 2.04. The molecule has 0 spiro atoms. The number of hydrogen-bond acceptors (Lipinski definition) is 4. The second-order valence-electron chi connectivity index (χ2n) is 4.68. The second-order valence-corrected chi connectivity index (χ2v) is 5.59. The molecule has 1 unspecified atom stereocenters. The van der Waals surface area contributed by atoms with Gasteiger partial charge in [-0.3, -0.25) is 0 Å². The van der Waals surface area contributed by atoms with Gasteiger partial charge >= 0.3 is 0 Å². The van der Waals surface area contributed by atoms with Gasteiger partial charge in [-0.2, -0.15) is 0 Å². The van der Waals surface area contributed by atoms with Crippen LogP contribution in [0.15, 0.2) is 33.3 Å². The summed E-state index contributed by atoms with van der Waals surface area (Å²) in [6.07, 6.45) is 0. The van der Waals surface area contributed by atoms with E-state index in [1.807, 2.05) is 25.1 Å². The van der Waals surface area contributed by atoms with Crippen LogP contribution < -0.4 is 10.1 Å². The molecule has 108 valence electrons. The maximum Gasteiger partial charge on any atom is 0.134 e. The van der Waals surface area contributed by atoms with Gasteiger partial charge in [-0.1, -0.05) is 28.0 Å². The van der Waals surface area contributed by atoms with Crippen molar-refractivity contribution < 1.29 is 9.26 Å². The van der Waals surface area contributed by atoms with Crippen molar-refractivity contribution in [2.45, 2.75) is 33.4 Å². The monoisotopic (exact) mass is 338 g/mol. The van der Waals surface area contributed by atoms with Gasteiger partial charge in [-0.05, 0) is 38.6 Å². The minimum atomic E-state index is 0.228. The lowest BCUT2D eigenvalue weighted by molar-refractivity contribution is 0.283. The molecule has 0 radical (unpaired) electrons. The number of aryl methyl sites for hydroxylation is 1. The zero-order chi connectivity index (χ0) is 14.5. The maximum absolute atomic E-state index is 5.88. The molecular formula is C15H19BrN2O2. The Bertz CT molecular complexity index is 569. The molecule has 0 amide bonds. The maximum atomic E-state index is 5.88. The largest absolute Gasteiger partial charge is 0.487 e. The summed E-state index contributed by atoms with van der Waals surface area (Å²) in [4.78, 5) is 0. The van der Waals surface area contributed by atoms with E-state index in [-0.39, 0.29) is 6.04 Å². The summed E-state index contributed by atoms with van der Waals surface area (Å²) in [7, 11) is 0. The summed E-state index contributed by atoms with van der Waals surface area (Å²) < 4.78 is 12.0. The van der Waals surface area contributed by atoms with Crippen LogP contribution in [0.3, 0.4) is 0 Å². The predicted octanol–water partition coefficient (Wildman–Crippen LogP) is 4.00. The van der Waals surface area contributed by atoms with Gasteiger partial charge in [0.25, 0.3) is 0 Å². The molecule has 1 atom stereocenters. The third-order valence-electron chi connectivity index (χ3n) is 3.00. The molecule has 0 aliphatic carbocycles. The van der Waals surface area contributed by atoms with Crippen molar-refractivity contribution in [3.63, 3.8) is 0 Å². The Morgan fingerprint density at radius 1 is 1.40 bits per heavy atom. The Balaban J connectivity index is 2.13. The summed E-state index contributed by atoms with van der Waals surface area (Å²) in [5, 5.41) is 7.33. The molecule has 0 saturated heterocycles. The van der Waals surface area contributed by atoms with E-state index >= 15 is 0 Å². The van der Waals surface area contributed by atoms with E-state index in [2.05, 4.69) is 46.3 Å². The van der Waals surface area contributed by atoms with Crippen LogP contribution in [0.4, 0.5) is 0 Å². The van der Waals surface area contributed by atoms with Crippen molar-refractivity contribution >= 4 is 15.9 Å². The molecule has 4 nitrogen and oxygen atoms in total. The summed E-state index contributed by atoms with van der Waals surface area (Å²) in [5.41, 5.74) is 1.92. The lowest BCUT2D eigenvalue weighted by Crippen LogP contribution is -2.18. The molecule has 0 saturated carbocycles. The fourth-order valence-corrected chi connectivity index (χ4v) is 2.42. The SMILES string of the molecule is CCNC(C)c1cc(Br)ccc1OCc1cc(C)on1. The fraction of sp³-hybridized carbons (Fsp3) is 0.400. The molecule has 1 N–H and O–H groups in total. The number of benzene rings is 1. The van der Waals surface area contributed by atoms with Gasteiger partial charge in [0.2, 0.25) is 0 Å². The van der Waals surface area contributed by atoms with Crippen LogP contribution in [0.5, 0.6) is 5.75 Å². The molecule has 0 bridgehead atoms. The first-order valence-electron chi connectivity index (χ1n) is 6.68. The highest BCUT2D eigenvalue weighted by molar-refractivity contribution is 9.10. The second kappa shape index (κ2) is 6.90. The third kappa shape index (κ3) is 3.84. The smallest absolute Gasteiger partial charge is 0.134 e. The van der Waals surface area contributed by atoms with E-state index < -0.39 is 0 Å². The molecular weight excluding hydrogens is 320 g/mol. The average molecular weight is 339 g/mol. The lowest BCUT2D eigenvalue weighted by atomic mass is 10.1. The van der Waals surface area contributed by atoms with Gasteiger partial charge < -0.3 is 14.6 Å². The highest BCUT2D eigenvalue weighted by Crippen LogP contribution is 2.29.